The predicted molar refractivity (Wildman–Crippen MR) is 96.8 cm³/mol. The van der Waals surface area contributed by atoms with E-state index >= 15 is 0 Å². The van der Waals surface area contributed by atoms with Crippen molar-refractivity contribution in [2.24, 2.45) is 0 Å². The van der Waals surface area contributed by atoms with Crippen LogP contribution in [0.3, 0.4) is 0 Å². The molecule has 8 heteroatoms. The van der Waals surface area contributed by atoms with Crippen molar-refractivity contribution in [3.05, 3.63) is 40.7 Å². The van der Waals surface area contributed by atoms with Crippen molar-refractivity contribution in [2.75, 3.05) is 33.3 Å². The molecule has 0 saturated carbocycles. The third kappa shape index (κ3) is 4.89. The van der Waals surface area contributed by atoms with E-state index in [0.29, 0.717) is 28.8 Å². The normalized spacial score (nSPS) is 14.4. The van der Waals surface area contributed by atoms with Gasteiger partial charge in [-0.15, -0.1) is 0 Å². The Morgan fingerprint density at radius 1 is 1.31 bits per heavy atom. The molecule has 140 valence electrons. The Bertz CT molecular complexity index is 744. The van der Waals surface area contributed by atoms with Crippen molar-refractivity contribution in [3.63, 3.8) is 0 Å². The summed E-state index contributed by atoms with van der Waals surface area (Å²) in [4.78, 5) is 14.5. The molecule has 0 unspecified atom stereocenters. The number of benzene rings is 1. The second-order valence-corrected chi connectivity index (χ2v) is 6.50. The molecule has 2 heterocycles. The monoisotopic (exact) mass is 379 g/mol. The van der Waals surface area contributed by atoms with E-state index in [-0.39, 0.29) is 18.2 Å². The summed E-state index contributed by atoms with van der Waals surface area (Å²) >= 11 is 5.92. The highest BCUT2D eigenvalue weighted by atomic mass is 35.5. The van der Waals surface area contributed by atoms with Crippen molar-refractivity contribution in [3.8, 4) is 11.5 Å². The molecule has 1 aromatic carbocycles. The second kappa shape index (κ2) is 8.91. The quantitative estimate of drug-likeness (QED) is 0.760. The standard InChI is InChI=1S/C18H22ClN3O4/c1-24-17-10-13(19)4-5-16(17)25-12-14-11-15(21-26-14)18(23)20-6-9-22-7-2-3-8-22/h4-5,10-11H,2-3,6-9,12H2,1H3,(H,20,23). The number of carbonyl (C=O) groups is 1. The Kier molecular flexibility index (Phi) is 6.35. The lowest BCUT2D eigenvalue weighted by Gasteiger charge is -2.14. The van der Waals surface area contributed by atoms with Gasteiger partial charge in [0, 0.05) is 30.2 Å². The molecule has 1 fully saturated rings. The average molecular weight is 380 g/mol. The molecule has 0 atom stereocenters. The third-order valence-corrected chi connectivity index (χ3v) is 4.43. The van der Waals surface area contributed by atoms with E-state index in [0.717, 1.165) is 19.6 Å². The summed E-state index contributed by atoms with van der Waals surface area (Å²) in [7, 11) is 1.54. The van der Waals surface area contributed by atoms with Gasteiger partial charge in [0.05, 0.1) is 7.11 Å². The van der Waals surface area contributed by atoms with Gasteiger partial charge in [-0.1, -0.05) is 16.8 Å². The molecule has 26 heavy (non-hydrogen) atoms. The topological polar surface area (TPSA) is 76.8 Å². The minimum atomic E-state index is -0.247. The molecule has 1 aliphatic heterocycles. The number of rotatable bonds is 8. The number of ether oxygens (including phenoxy) is 2. The molecule has 0 aliphatic carbocycles. The van der Waals surface area contributed by atoms with Crippen LogP contribution in [0.1, 0.15) is 29.1 Å². The largest absolute Gasteiger partial charge is 0.493 e. The lowest BCUT2D eigenvalue weighted by atomic mass is 10.3. The van der Waals surface area contributed by atoms with Gasteiger partial charge in [0.25, 0.3) is 5.91 Å². The van der Waals surface area contributed by atoms with E-state index in [1.54, 1.807) is 24.3 Å². The molecular formula is C18H22ClN3O4. The molecule has 1 aromatic heterocycles. The molecule has 1 aliphatic rings. The van der Waals surface area contributed by atoms with Crippen LogP contribution >= 0.6 is 11.6 Å². The first-order chi connectivity index (χ1) is 12.7. The van der Waals surface area contributed by atoms with Crippen LogP contribution in [0, 0.1) is 0 Å². The summed E-state index contributed by atoms with van der Waals surface area (Å²) in [6, 6.07) is 6.66. The van der Waals surface area contributed by atoms with E-state index in [4.69, 9.17) is 25.6 Å². The van der Waals surface area contributed by atoms with E-state index < -0.39 is 0 Å². The Morgan fingerprint density at radius 3 is 2.88 bits per heavy atom. The number of aromatic nitrogens is 1. The van der Waals surface area contributed by atoms with Gasteiger partial charge in [-0.25, -0.2) is 0 Å². The van der Waals surface area contributed by atoms with E-state index in [1.807, 2.05) is 0 Å². The number of halogens is 1. The number of hydrogen-bond donors (Lipinski definition) is 1. The number of likely N-dealkylation sites (tertiary alicyclic amines) is 1. The zero-order valence-electron chi connectivity index (χ0n) is 14.7. The zero-order valence-corrected chi connectivity index (χ0v) is 15.4. The van der Waals surface area contributed by atoms with Gasteiger partial charge in [0.15, 0.2) is 23.0 Å². The minimum absolute atomic E-state index is 0.131. The molecule has 1 amide bonds. The van der Waals surface area contributed by atoms with Crippen LogP contribution in [0.2, 0.25) is 5.02 Å². The first kappa shape index (κ1) is 18.5. The van der Waals surface area contributed by atoms with Gasteiger partial charge in [-0.2, -0.15) is 0 Å². The highest BCUT2D eigenvalue weighted by molar-refractivity contribution is 6.30. The Labute approximate surface area is 157 Å². The van der Waals surface area contributed by atoms with Crippen molar-refractivity contribution in [2.45, 2.75) is 19.4 Å². The maximum Gasteiger partial charge on any atom is 0.273 e. The van der Waals surface area contributed by atoms with Crippen molar-refractivity contribution < 1.29 is 18.8 Å². The van der Waals surface area contributed by atoms with Gasteiger partial charge in [0.1, 0.15) is 6.61 Å². The fourth-order valence-corrected chi connectivity index (χ4v) is 2.98. The van der Waals surface area contributed by atoms with Crippen molar-refractivity contribution in [1.29, 1.82) is 0 Å². The van der Waals surface area contributed by atoms with E-state index in [1.165, 1.54) is 20.0 Å². The first-order valence-corrected chi connectivity index (χ1v) is 8.96. The van der Waals surface area contributed by atoms with Crippen LogP contribution in [-0.4, -0.2) is 49.3 Å². The van der Waals surface area contributed by atoms with Gasteiger partial charge in [-0.3, -0.25) is 4.79 Å². The summed E-state index contributed by atoms with van der Waals surface area (Å²) in [6.45, 7) is 3.80. The molecule has 0 bridgehead atoms. The smallest absolute Gasteiger partial charge is 0.273 e. The van der Waals surface area contributed by atoms with Gasteiger partial charge >= 0.3 is 0 Å². The number of nitrogens with one attached hydrogen (secondary N) is 1. The lowest BCUT2D eigenvalue weighted by molar-refractivity contribution is 0.0940. The highest BCUT2D eigenvalue weighted by Gasteiger charge is 2.15. The fourth-order valence-electron chi connectivity index (χ4n) is 2.82. The van der Waals surface area contributed by atoms with Crippen LogP contribution in [0.4, 0.5) is 0 Å². The average Bonchev–Trinajstić information content (AvgIpc) is 3.32. The molecule has 7 nitrogen and oxygen atoms in total. The molecule has 1 saturated heterocycles. The van der Waals surface area contributed by atoms with Gasteiger partial charge in [-0.05, 0) is 38.1 Å². The molecule has 0 radical (unpaired) electrons. The van der Waals surface area contributed by atoms with Crippen molar-refractivity contribution >= 4 is 17.5 Å². The van der Waals surface area contributed by atoms with Crippen LogP contribution in [0.25, 0.3) is 0 Å². The first-order valence-electron chi connectivity index (χ1n) is 8.58. The number of amides is 1. The Morgan fingerprint density at radius 2 is 2.12 bits per heavy atom. The lowest BCUT2D eigenvalue weighted by Crippen LogP contribution is -2.33. The summed E-state index contributed by atoms with van der Waals surface area (Å²) in [5, 5.41) is 7.22. The summed E-state index contributed by atoms with van der Waals surface area (Å²) in [5.41, 5.74) is 0.244. The Hall–Kier alpha value is -2.25. The van der Waals surface area contributed by atoms with Crippen molar-refractivity contribution in [1.82, 2.24) is 15.4 Å². The number of hydrogen-bond acceptors (Lipinski definition) is 6. The molecule has 0 spiro atoms. The van der Waals surface area contributed by atoms with Crippen LogP contribution < -0.4 is 14.8 Å². The van der Waals surface area contributed by atoms with E-state index in [2.05, 4.69) is 15.4 Å². The molecular weight excluding hydrogens is 358 g/mol. The van der Waals surface area contributed by atoms with Gasteiger partial charge < -0.3 is 24.2 Å². The highest BCUT2D eigenvalue weighted by Crippen LogP contribution is 2.30. The summed E-state index contributed by atoms with van der Waals surface area (Å²) in [5.74, 6) is 1.26. The predicted octanol–water partition coefficient (Wildman–Crippen LogP) is 2.74. The fraction of sp³-hybridized carbons (Fsp3) is 0.444. The minimum Gasteiger partial charge on any atom is -0.493 e. The third-order valence-electron chi connectivity index (χ3n) is 4.20. The number of methoxy groups -OCH3 is 1. The number of nitrogens with zero attached hydrogens (tertiary/aromatic N) is 2. The van der Waals surface area contributed by atoms with E-state index in [9.17, 15) is 4.79 Å². The molecule has 2 aromatic rings. The Balaban J connectivity index is 1.48. The SMILES string of the molecule is COc1cc(Cl)ccc1OCc1cc(C(=O)NCCN2CCCC2)no1. The maximum absolute atomic E-state index is 12.1. The van der Waals surface area contributed by atoms with Gasteiger partial charge in [0.2, 0.25) is 0 Å². The molecule has 3 rings (SSSR count). The molecule has 1 N–H and O–H groups in total. The second-order valence-electron chi connectivity index (χ2n) is 6.07. The maximum atomic E-state index is 12.1. The van der Waals surface area contributed by atoms with Crippen LogP contribution in [0.15, 0.2) is 28.8 Å². The summed E-state index contributed by atoms with van der Waals surface area (Å²) < 4.78 is 16.0. The summed E-state index contributed by atoms with van der Waals surface area (Å²) in [6.07, 6.45) is 2.47. The zero-order chi connectivity index (χ0) is 18.4. The number of carbonyl (C=O) groups excluding carboxylic acids is 1. The van der Waals surface area contributed by atoms with Crippen LogP contribution in [-0.2, 0) is 6.61 Å². The van der Waals surface area contributed by atoms with Crippen LogP contribution in [0.5, 0.6) is 11.5 Å².